The average Bonchev–Trinajstić information content (AvgIpc) is 3.88. The first-order valence-corrected chi connectivity index (χ1v) is 22.0. The zero-order chi connectivity index (χ0) is 43.9. The number of hydrogen-bond donors (Lipinski definition) is 0. The quantitative estimate of drug-likeness (QED) is 0.156. The summed E-state index contributed by atoms with van der Waals surface area (Å²) in [7, 11) is 0. The smallest absolute Gasteiger partial charge is 0.123 e. The van der Waals surface area contributed by atoms with Crippen LogP contribution in [0.3, 0.4) is 0 Å². The van der Waals surface area contributed by atoms with E-state index in [1.807, 2.05) is 60.7 Å². The molecule has 4 aromatic heterocycles. The van der Waals surface area contributed by atoms with E-state index in [9.17, 15) is 8.78 Å². The number of fused-ring (bicyclic) bond motifs is 9. The third-order valence-corrected chi connectivity index (χ3v) is 13.0. The molecule has 0 spiro atoms. The zero-order valence-electron chi connectivity index (χ0n) is 35.3. The predicted molar refractivity (Wildman–Crippen MR) is 267 cm³/mol. The molecule has 0 aliphatic carbocycles. The lowest BCUT2D eigenvalue weighted by Gasteiger charge is -2.16. The Bertz CT molecular complexity index is 3780. The third kappa shape index (κ3) is 6.03. The number of para-hydroxylation sites is 2. The minimum absolute atomic E-state index is 0.254. The van der Waals surface area contributed by atoms with Crippen molar-refractivity contribution in [1.82, 2.24) is 19.1 Å². The molecule has 66 heavy (non-hydrogen) atoms. The molecule has 13 rings (SSSR count). The van der Waals surface area contributed by atoms with Gasteiger partial charge in [-0.2, -0.15) is 0 Å². The van der Waals surface area contributed by atoms with Gasteiger partial charge in [0.15, 0.2) is 0 Å². The molecule has 0 saturated carbocycles. The normalized spacial score (nSPS) is 11.8. The van der Waals surface area contributed by atoms with Gasteiger partial charge in [0.2, 0.25) is 0 Å². The lowest BCUT2D eigenvalue weighted by atomic mass is 9.94. The maximum Gasteiger partial charge on any atom is 0.123 e. The molecule has 4 nitrogen and oxygen atoms in total. The van der Waals surface area contributed by atoms with E-state index in [-0.39, 0.29) is 11.6 Å². The van der Waals surface area contributed by atoms with E-state index in [1.54, 1.807) is 12.1 Å². The number of rotatable bonds is 6. The number of hydrogen-bond acceptors (Lipinski definition) is 2. The molecule has 13 aromatic rings. The van der Waals surface area contributed by atoms with E-state index in [2.05, 4.69) is 143 Å². The van der Waals surface area contributed by atoms with Crippen molar-refractivity contribution < 1.29 is 8.78 Å². The van der Waals surface area contributed by atoms with Crippen molar-refractivity contribution >= 4 is 65.4 Å². The van der Waals surface area contributed by atoms with Gasteiger partial charge in [0.05, 0.1) is 44.5 Å². The van der Waals surface area contributed by atoms with Crippen LogP contribution in [0.25, 0.3) is 122 Å². The molecule has 0 N–H and O–H groups in total. The number of pyridine rings is 2. The first kappa shape index (κ1) is 37.8. The summed E-state index contributed by atoms with van der Waals surface area (Å²) in [6.07, 6.45) is 0. The van der Waals surface area contributed by atoms with Gasteiger partial charge in [0.1, 0.15) is 11.6 Å². The summed E-state index contributed by atoms with van der Waals surface area (Å²) in [5.41, 5.74) is 15.4. The Labute approximate surface area is 377 Å². The van der Waals surface area contributed by atoms with E-state index in [1.165, 1.54) is 12.1 Å². The van der Waals surface area contributed by atoms with Crippen LogP contribution in [0.5, 0.6) is 0 Å². The molecule has 6 heteroatoms. The summed E-state index contributed by atoms with van der Waals surface area (Å²) in [5.74, 6) is -0.508. The van der Waals surface area contributed by atoms with Gasteiger partial charge in [0, 0.05) is 54.8 Å². The maximum atomic E-state index is 14.5. The molecule has 4 heterocycles. The zero-order valence-corrected chi connectivity index (χ0v) is 35.3. The molecule has 0 fully saturated rings. The van der Waals surface area contributed by atoms with Gasteiger partial charge >= 0.3 is 0 Å². The topological polar surface area (TPSA) is 35.6 Å². The summed E-state index contributed by atoms with van der Waals surface area (Å²) in [6.45, 7) is 0. The van der Waals surface area contributed by atoms with Crippen molar-refractivity contribution in [3.05, 3.63) is 230 Å². The Morgan fingerprint density at radius 1 is 0.288 bits per heavy atom. The Balaban J connectivity index is 0.998. The van der Waals surface area contributed by atoms with Crippen molar-refractivity contribution in [2.75, 3.05) is 0 Å². The standard InChI is InChI=1S/C60H36F2N4/c61-41-23-31-57-51(33-41)45-15-7-9-17-55(45)65(57)43-25-19-39(20-26-43)53-35-49(37-11-3-1-4-12-37)47-29-30-48-50(38-13-5-2-6-14-38)36-54(64-60(48)59(47)63-53)40-21-27-44(28-22-40)66-56-18-10-8-16-46(56)52-34-42(62)24-32-58(52)66/h1-36H. The summed E-state index contributed by atoms with van der Waals surface area (Å²) < 4.78 is 33.4. The van der Waals surface area contributed by atoms with E-state index >= 15 is 0 Å². The van der Waals surface area contributed by atoms with Gasteiger partial charge in [-0.05, 0) is 107 Å². The van der Waals surface area contributed by atoms with Crippen LogP contribution >= 0.6 is 0 Å². The Morgan fingerprint density at radius 3 is 1.09 bits per heavy atom. The lowest BCUT2D eigenvalue weighted by Crippen LogP contribution is -1.97. The highest BCUT2D eigenvalue weighted by Gasteiger charge is 2.19. The molecule has 0 unspecified atom stereocenters. The molecule has 310 valence electrons. The summed E-state index contributed by atoms with van der Waals surface area (Å²) in [4.78, 5) is 11.0. The third-order valence-electron chi connectivity index (χ3n) is 13.0. The molecule has 0 bridgehead atoms. The second-order valence-electron chi connectivity index (χ2n) is 16.8. The first-order valence-electron chi connectivity index (χ1n) is 22.0. The molecular formula is C60H36F2N4. The van der Waals surface area contributed by atoms with Gasteiger partial charge in [-0.15, -0.1) is 0 Å². The minimum atomic E-state index is -0.254. The van der Waals surface area contributed by atoms with Gasteiger partial charge < -0.3 is 9.13 Å². The van der Waals surface area contributed by atoms with Gasteiger partial charge in [-0.25, -0.2) is 18.7 Å². The van der Waals surface area contributed by atoms with Crippen LogP contribution < -0.4 is 0 Å². The van der Waals surface area contributed by atoms with Crippen LogP contribution in [-0.4, -0.2) is 19.1 Å². The summed E-state index contributed by atoms with van der Waals surface area (Å²) >= 11 is 0. The molecule has 0 aliphatic heterocycles. The fourth-order valence-corrected chi connectivity index (χ4v) is 9.99. The second-order valence-corrected chi connectivity index (χ2v) is 16.8. The molecule has 9 aromatic carbocycles. The van der Waals surface area contributed by atoms with E-state index in [0.717, 1.165) is 122 Å². The molecule has 0 aliphatic rings. The highest BCUT2D eigenvalue weighted by Crippen LogP contribution is 2.41. The predicted octanol–water partition coefficient (Wildman–Crippen LogP) is 15.9. The van der Waals surface area contributed by atoms with Crippen molar-refractivity contribution in [3.8, 4) is 56.1 Å². The van der Waals surface area contributed by atoms with Crippen molar-refractivity contribution in [3.63, 3.8) is 0 Å². The first-order chi connectivity index (χ1) is 32.5. The summed E-state index contributed by atoms with van der Waals surface area (Å²) in [6, 6.07) is 72.9. The van der Waals surface area contributed by atoms with E-state index in [0.29, 0.717) is 0 Å². The van der Waals surface area contributed by atoms with Crippen molar-refractivity contribution in [2.24, 2.45) is 0 Å². The van der Waals surface area contributed by atoms with Crippen LogP contribution in [-0.2, 0) is 0 Å². The second kappa shape index (κ2) is 14.9. The van der Waals surface area contributed by atoms with Crippen LogP contribution in [0.1, 0.15) is 0 Å². The van der Waals surface area contributed by atoms with Crippen molar-refractivity contribution in [1.29, 1.82) is 0 Å². The average molecular weight is 851 g/mol. The van der Waals surface area contributed by atoms with Gasteiger partial charge in [-0.1, -0.05) is 133 Å². The number of aromatic nitrogens is 4. The Morgan fingerprint density at radius 2 is 0.667 bits per heavy atom. The molecule has 0 saturated heterocycles. The fourth-order valence-electron chi connectivity index (χ4n) is 9.99. The van der Waals surface area contributed by atoms with Crippen LogP contribution in [0.2, 0.25) is 0 Å². The summed E-state index contributed by atoms with van der Waals surface area (Å²) in [5, 5.41) is 5.78. The highest BCUT2D eigenvalue weighted by atomic mass is 19.1. The van der Waals surface area contributed by atoms with Crippen LogP contribution in [0.15, 0.2) is 218 Å². The van der Waals surface area contributed by atoms with E-state index in [4.69, 9.17) is 9.97 Å². The Hall–Kier alpha value is -8.74. The van der Waals surface area contributed by atoms with Crippen molar-refractivity contribution in [2.45, 2.75) is 0 Å². The molecular weight excluding hydrogens is 815 g/mol. The van der Waals surface area contributed by atoms with Gasteiger partial charge in [0.25, 0.3) is 0 Å². The minimum Gasteiger partial charge on any atom is -0.309 e. The molecule has 0 atom stereocenters. The number of benzene rings is 9. The SMILES string of the molecule is Fc1ccc2c(c1)c1ccccc1n2-c1ccc(-c2cc(-c3ccccc3)c3ccc4c(-c5ccccc5)cc(-c5ccc(-n6c7ccccc7c7cc(F)ccc76)cc5)nc4c3n2)cc1. The monoisotopic (exact) mass is 850 g/mol. The van der Waals surface area contributed by atoms with Gasteiger partial charge in [-0.3, -0.25) is 0 Å². The van der Waals surface area contributed by atoms with Crippen LogP contribution in [0, 0.1) is 11.6 Å². The molecule has 0 amide bonds. The maximum absolute atomic E-state index is 14.5. The van der Waals surface area contributed by atoms with E-state index < -0.39 is 0 Å². The number of nitrogens with zero attached hydrogens (tertiary/aromatic N) is 4. The Kier molecular flexibility index (Phi) is 8.55. The number of halogens is 2. The lowest BCUT2D eigenvalue weighted by molar-refractivity contribution is 0.629. The fraction of sp³-hybridized carbons (Fsp3) is 0. The highest BCUT2D eigenvalue weighted by molar-refractivity contribution is 6.14. The molecule has 0 radical (unpaired) electrons. The van der Waals surface area contributed by atoms with Crippen LogP contribution in [0.4, 0.5) is 8.78 Å². The largest absolute Gasteiger partial charge is 0.309 e.